The van der Waals surface area contributed by atoms with Crippen LogP contribution in [0.3, 0.4) is 0 Å². The van der Waals surface area contributed by atoms with Gasteiger partial charge in [0.15, 0.2) is 0 Å². The smallest absolute Gasteiger partial charge is 0.203 e. The SMILES string of the molecule is Cl.N=c1n(CCCOc2ccc(Cl)cc2)c2ccccc2n1Cc1ccccc1F. The lowest BCUT2D eigenvalue weighted by Crippen LogP contribution is -2.26. The second kappa shape index (κ2) is 9.83. The number of fused-ring (bicyclic) bond motifs is 1. The molecule has 4 nitrogen and oxygen atoms in total. The molecule has 0 spiro atoms. The minimum Gasteiger partial charge on any atom is -0.494 e. The highest BCUT2D eigenvalue weighted by molar-refractivity contribution is 6.30. The van der Waals surface area contributed by atoms with Crippen molar-refractivity contribution < 1.29 is 9.13 Å². The molecule has 0 fully saturated rings. The molecule has 0 saturated heterocycles. The van der Waals surface area contributed by atoms with E-state index in [1.165, 1.54) is 6.07 Å². The first kappa shape index (κ1) is 21.9. The molecule has 0 radical (unpaired) electrons. The van der Waals surface area contributed by atoms with E-state index in [0.29, 0.717) is 35.9 Å². The number of para-hydroxylation sites is 2. The van der Waals surface area contributed by atoms with Crippen molar-refractivity contribution in [1.29, 1.82) is 5.41 Å². The summed E-state index contributed by atoms with van der Waals surface area (Å²) in [4.78, 5) is 0. The van der Waals surface area contributed by atoms with Crippen molar-refractivity contribution in [3.63, 3.8) is 0 Å². The Morgan fingerprint density at radius 2 is 1.50 bits per heavy atom. The van der Waals surface area contributed by atoms with Crippen LogP contribution in [0.5, 0.6) is 5.75 Å². The molecule has 0 amide bonds. The summed E-state index contributed by atoms with van der Waals surface area (Å²) in [6, 6.07) is 21.8. The molecule has 1 N–H and O–H groups in total. The topological polar surface area (TPSA) is 42.9 Å². The molecule has 0 aliphatic rings. The van der Waals surface area contributed by atoms with E-state index in [1.54, 1.807) is 24.3 Å². The predicted molar refractivity (Wildman–Crippen MR) is 120 cm³/mol. The van der Waals surface area contributed by atoms with Gasteiger partial charge in [-0.15, -0.1) is 12.4 Å². The summed E-state index contributed by atoms with van der Waals surface area (Å²) >= 11 is 5.89. The Balaban J connectivity index is 0.00000256. The Morgan fingerprint density at radius 1 is 0.867 bits per heavy atom. The lowest BCUT2D eigenvalue weighted by Gasteiger charge is -2.08. The summed E-state index contributed by atoms with van der Waals surface area (Å²) in [5, 5.41) is 9.34. The van der Waals surface area contributed by atoms with Crippen LogP contribution in [0, 0.1) is 11.2 Å². The Morgan fingerprint density at radius 3 is 2.20 bits per heavy atom. The Kier molecular flexibility index (Phi) is 7.19. The number of rotatable bonds is 7. The molecule has 0 saturated carbocycles. The van der Waals surface area contributed by atoms with Gasteiger partial charge >= 0.3 is 0 Å². The Bertz CT molecular complexity index is 1190. The largest absolute Gasteiger partial charge is 0.494 e. The van der Waals surface area contributed by atoms with Crippen molar-refractivity contribution in [1.82, 2.24) is 9.13 Å². The summed E-state index contributed by atoms with van der Waals surface area (Å²) < 4.78 is 23.7. The van der Waals surface area contributed by atoms with Gasteiger partial charge in [0.25, 0.3) is 0 Å². The summed E-state index contributed by atoms with van der Waals surface area (Å²) in [5.74, 6) is 0.514. The van der Waals surface area contributed by atoms with Crippen LogP contribution < -0.4 is 10.4 Å². The molecule has 30 heavy (non-hydrogen) atoms. The van der Waals surface area contributed by atoms with Crippen LogP contribution in [-0.2, 0) is 13.1 Å². The fourth-order valence-corrected chi connectivity index (χ4v) is 3.55. The van der Waals surface area contributed by atoms with Crippen molar-refractivity contribution in [2.75, 3.05) is 6.61 Å². The first-order valence-electron chi connectivity index (χ1n) is 9.48. The highest BCUT2D eigenvalue weighted by Gasteiger charge is 2.12. The Hall–Kier alpha value is -2.76. The van der Waals surface area contributed by atoms with Gasteiger partial charge < -0.3 is 13.9 Å². The van der Waals surface area contributed by atoms with E-state index in [0.717, 1.165) is 23.2 Å². The van der Waals surface area contributed by atoms with Crippen LogP contribution in [0.25, 0.3) is 11.0 Å². The number of hydrogen-bond acceptors (Lipinski definition) is 2. The van der Waals surface area contributed by atoms with Gasteiger partial charge in [-0.25, -0.2) is 4.39 Å². The quantitative estimate of drug-likeness (QED) is 0.366. The van der Waals surface area contributed by atoms with E-state index in [9.17, 15) is 4.39 Å². The van der Waals surface area contributed by atoms with Crippen molar-refractivity contribution in [3.05, 3.63) is 94.8 Å². The predicted octanol–water partition coefficient (Wildman–Crippen LogP) is 5.65. The molecule has 3 aromatic carbocycles. The third-order valence-electron chi connectivity index (χ3n) is 4.87. The molecule has 0 aliphatic carbocycles. The van der Waals surface area contributed by atoms with Crippen LogP contribution in [0.1, 0.15) is 12.0 Å². The second-order valence-electron chi connectivity index (χ2n) is 6.80. The average Bonchev–Trinajstić information content (AvgIpc) is 3.00. The molecule has 156 valence electrons. The minimum atomic E-state index is -0.257. The zero-order valence-electron chi connectivity index (χ0n) is 16.2. The summed E-state index contributed by atoms with van der Waals surface area (Å²) in [6.07, 6.45) is 0.743. The zero-order valence-corrected chi connectivity index (χ0v) is 17.8. The van der Waals surface area contributed by atoms with E-state index in [1.807, 2.05) is 51.6 Å². The molecule has 1 aromatic heterocycles. The number of aryl methyl sites for hydroxylation is 1. The van der Waals surface area contributed by atoms with Gasteiger partial charge in [0.2, 0.25) is 5.62 Å². The molecule has 4 aromatic rings. The number of nitrogens with zero attached hydrogens (tertiary/aromatic N) is 2. The van der Waals surface area contributed by atoms with Crippen LogP contribution in [-0.4, -0.2) is 15.7 Å². The summed E-state index contributed by atoms with van der Waals surface area (Å²) in [5.41, 5.74) is 2.79. The van der Waals surface area contributed by atoms with Crippen LogP contribution >= 0.6 is 24.0 Å². The van der Waals surface area contributed by atoms with E-state index in [-0.39, 0.29) is 18.2 Å². The Labute approximate surface area is 185 Å². The average molecular weight is 446 g/mol. The molecular weight excluding hydrogens is 424 g/mol. The highest BCUT2D eigenvalue weighted by atomic mass is 35.5. The molecule has 0 atom stereocenters. The van der Waals surface area contributed by atoms with E-state index in [4.69, 9.17) is 21.7 Å². The zero-order chi connectivity index (χ0) is 20.2. The van der Waals surface area contributed by atoms with Gasteiger partial charge in [-0.1, -0.05) is 41.9 Å². The van der Waals surface area contributed by atoms with Crippen LogP contribution in [0.2, 0.25) is 5.02 Å². The number of aromatic nitrogens is 2. The number of hydrogen-bond donors (Lipinski definition) is 1. The molecule has 1 heterocycles. The van der Waals surface area contributed by atoms with Crippen molar-refractivity contribution in [2.45, 2.75) is 19.5 Å². The minimum absolute atomic E-state index is 0. The number of imidazole rings is 1. The van der Waals surface area contributed by atoms with E-state index < -0.39 is 0 Å². The standard InChI is InChI=1S/C23H21ClFN3O.ClH/c24-18-10-12-19(13-11-18)29-15-5-14-27-21-8-3-4-9-22(21)28(23(27)26)16-17-6-1-2-7-20(17)25;/h1-4,6-13,26H,5,14-16H2;1H. The normalized spacial score (nSPS) is 10.7. The fourth-order valence-electron chi connectivity index (χ4n) is 3.42. The molecule has 0 aliphatic heterocycles. The third-order valence-corrected chi connectivity index (χ3v) is 5.12. The summed E-state index contributed by atoms with van der Waals surface area (Å²) in [7, 11) is 0. The molecule has 0 unspecified atom stereocenters. The molecule has 7 heteroatoms. The van der Waals surface area contributed by atoms with E-state index in [2.05, 4.69) is 0 Å². The summed E-state index contributed by atoms with van der Waals surface area (Å²) in [6.45, 7) is 1.48. The van der Waals surface area contributed by atoms with Gasteiger partial charge in [-0.05, 0) is 48.9 Å². The first-order valence-corrected chi connectivity index (χ1v) is 9.86. The maximum Gasteiger partial charge on any atom is 0.203 e. The lowest BCUT2D eigenvalue weighted by molar-refractivity contribution is 0.301. The van der Waals surface area contributed by atoms with Crippen LogP contribution in [0.15, 0.2) is 72.8 Å². The monoisotopic (exact) mass is 445 g/mol. The second-order valence-corrected chi connectivity index (χ2v) is 7.23. The van der Waals surface area contributed by atoms with Crippen molar-refractivity contribution in [3.8, 4) is 5.75 Å². The van der Waals surface area contributed by atoms with Crippen molar-refractivity contribution in [2.24, 2.45) is 0 Å². The van der Waals surface area contributed by atoms with Gasteiger partial charge in [-0.2, -0.15) is 0 Å². The van der Waals surface area contributed by atoms with Gasteiger partial charge in [-0.3, -0.25) is 5.41 Å². The van der Waals surface area contributed by atoms with Gasteiger partial charge in [0.1, 0.15) is 11.6 Å². The number of ether oxygens (including phenoxy) is 1. The maximum atomic E-state index is 14.1. The van der Waals surface area contributed by atoms with E-state index >= 15 is 0 Å². The molecule has 0 bridgehead atoms. The fraction of sp³-hybridized carbons (Fsp3) is 0.174. The highest BCUT2D eigenvalue weighted by Crippen LogP contribution is 2.18. The number of halogens is 3. The van der Waals surface area contributed by atoms with Crippen molar-refractivity contribution >= 4 is 35.0 Å². The number of nitrogens with one attached hydrogen (secondary N) is 1. The van der Waals surface area contributed by atoms with Gasteiger partial charge in [0.05, 0.1) is 24.2 Å². The first-order chi connectivity index (χ1) is 14.1. The van der Waals surface area contributed by atoms with Gasteiger partial charge in [0, 0.05) is 17.1 Å². The third kappa shape index (κ3) is 4.69. The maximum absolute atomic E-state index is 14.1. The number of benzene rings is 3. The molecular formula is C23H22Cl2FN3O. The molecule has 4 rings (SSSR count). The van der Waals surface area contributed by atoms with Crippen LogP contribution in [0.4, 0.5) is 4.39 Å². The lowest BCUT2D eigenvalue weighted by atomic mass is 10.2.